The monoisotopic (exact) mass is 377 g/mol. The Morgan fingerprint density at radius 1 is 1.44 bits per heavy atom. The summed E-state index contributed by atoms with van der Waals surface area (Å²) in [4.78, 5) is 31.4. The molecule has 1 saturated heterocycles. The third-order valence-electron chi connectivity index (χ3n) is 4.36. The molecular formula is C18H23N3O2S2. The molecule has 1 aliphatic rings. The Balaban J connectivity index is 1.57. The lowest BCUT2D eigenvalue weighted by atomic mass is 9.97. The van der Waals surface area contributed by atoms with Crippen LogP contribution in [0.25, 0.3) is 10.6 Å². The summed E-state index contributed by atoms with van der Waals surface area (Å²) in [5, 5.41) is 7.94. The first-order chi connectivity index (χ1) is 12.2. The predicted molar refractivity (Wildman–Crippen MR) is 102 cm³/mol. The van der Waals surface area contributed by atoms with Crippen molar-refractivity contribution in [2.45, 2.75) is 32.6 Å². The number of hydrogen-bond acceptors (Lipinski definition) is 5. The number of nitrogens with one attached hydrogen (secondary N) is 1. The van der Waals surface area contributed by atoms with Crippen LogP contribution in [0.4, 0.5) is 0 Å². The molecule has 1 aliphatic heterocycles. The van der Waals surface area contributed by atoms with Crippen LogP contribution in [0.5, 0.6) is 0 Å². The zero-order valence-corrected chi connectivity index (χ0v) is 16.0. The summed E-state index contributed by atoms with van der Waals surface area (Å²) in [6.45, 7) is 4.15. The van der Waals surface area contributed by atoms with E-state index in [0.717, 1.165) is 36.4 Å². The van der Waals surface area contributed by atoms with Gasteiger partial charge in [0.05, 0.1) is 6.20 Å². The summed E-state index contributed by atoms with van der Waals surface area (Å²) in [6.07, 6.45) is 5.16. The van der Waals surface area contributed by atoms with Crippen LogP contribution in [0.3, 0.4) is 0 Å². The second-order valence-corrected chi connectivity index (χ2v) is 8.17. The Morgan fingerprint density at radius 2 is 2.32 bits per heavy atom. The molecule has 25 heavy (non-hydrogen) atoms. The third kappa shape index (κ3) is 4.67. The standard InChI is InChI=1S/C18H23N3O2S2/c1-2-4-16(22)19-9-13-5-3-7-21(11-13)18(23)15-10-20-17(25-15)14-6-8-24-12-14/h6,8,10,12-13H,2-5,7,9,11H2,1H3,(H,19,22). The molecule has 2 amide bonds. The van der Waals surface area contributed by atoms with Crippen LogP contribution < -0.4 is 5.32 Å². The fourth-order valence-corrected chi connectivity index (χ4v) is 4.63. The summed E-state index contributed by atoms with van der Waals surface area (Å²) >= 11 is 3.08. The van der Waals surface area contributed by atoms with Crippen molar-refractivity contribution in [3.05, 3.63) is 27.9 Å². The van der Waals surface area contributed by atoms with Gasteiger partial charge < -0.3 is 10.2 Å². The van der Waals surface area contributed by atoms with Gasteiger partial charge in [0.1, 0.15) is 9.88 Å². The molecule has 1 unspecified atom stereocenters. The Bertz CT molecular complexity index is 712. The zero-order valence-electron chi connectivity index (χ0n) is 14.4. The van der Waals surface area contributed by atoms with Crippen LogP contribution in [0.15, 0.2) is 23.0 Å². The summed E-state index contributed by atoms with van der Waals surface area (Å²) < 4.78 is 0. The van der Waals surface area contributed by atoms with Gasteiger partial charge >= 0.3 is 0 Å². The van der Waals surface area contributed by atoms with E-state index >= 15 is 0 Å². The second-order valence-electron chi connectivity index (χ2n) is 6.36. The first-order valence-electron chi connectivity index (χ1n) is 8.71. The van der Waals surface area contributed by atoms with Gasteiger partial charge in [0, 0.05) is 37.0 Å². The van der Waals surface area contributed by atoms with Crippen LogP contribution in [0.2, 0.25) is 0 Å². The highest BCUT2D eigenvalue weighted by atomic mass is 32.1. The summed E-state index contributed by atoms with van der Waals surface area (Å²) in [6, 6.07) is 2.02. The Labute approximate surface area is 156 Å². The summed E-state index contributed by atoms with van der Waals surface area (Å²) in [5.74, 6) is 0.500. The van der Waals surface area contributed by atoms with Gasteiger partial charge in [-0.05, 0) is 36.6 Å². The van der Waals surface area contributed by atoms with E-state index in [-0.39, 0.29) is 11.8 Å². The van der Waals surface area contributed by atoms with Crippen LogP contribution in [0.1, 0.15) is 42.3 Å². The van der Waals surface area contributed by atoms with E-state index in [0.29, 0.717) is 30.3 Å². The molecule has 3 heterocycles. The highest BCUT2D eigenvalue weighted by Crippen LogP contribution is 2.28. The minimum Gasteiger partial charge on any atom is -0.356 e. The number of piperidine rings is 1. The number of nitrogens with zero attached hydrogens (tertiary/aromatic N) is 2. The summed E-state index contributed by atoms with van der Waals surface area (Å²) in [5.41, 5.74) is 1.07. The van der Waals surface area contributed by atoms with E-state index in [1.54, 1.807) is 17.5 Å². The molecule has 0 aliphatic carbocycles. The molecule has 2 aromatic rings. The number of thiophene rings is 1. The maximum atomic E-state index is 12.8. The largest absolute Gasteiger partial charge is 0.356 e. The van der Waals surface area contributed by atoms with Crippen molar-refractivity contribution < 1.29 is 9.59 Å². The maximum Gasteiger partial charge on any atom is 0.265 e. The van der Waals surface area contributed by atoms with Crippen molar-refractivity contribution in [2.24, 2.45) is 5.92 Å². The van der Waals surface area contributed by atoms with Crippen molar-refractivity contribution in [1.82, 2.24) is 15.2 Å². The lowest BCUT2D eigenvalue weighted by molar-refractivity contribution is -0.121. The number of carbonyl (C=O) groups is 2. The van der Waals surface area contributed by atoms with Gasteiger partial charge in [-0.25, -0.2) is 4.98 Å². The molecule has 1 atom stereocenters. The number of likely N-dealkylation sites (tertiary alicyclic amines) is 1. The van der Waals surface area contributed by atoms with Gasteiger partial charge in [-0.15, -0.1) is 11.3 Å². The molecular weight excluding hydrogens is 354 g/mol. The molecule has 0 radical (unpaired) electrons. The molecule has 0 aromatic carbocycles. The van der Waals surface area contributed by atoms with E-state index in [4.69, 9.17) is 0 Å². The summed E-state index contributed by atoms with van der Waals surface area (Å²) in [7, 11) is 0. The van der Waals surface area contributed by atoms with Crippen LogP contribution in [-0.2, 0) is 4.79 Å². The third-order valence-corrected chi connectivity index (χ3v) is 6.07. The molecule has 0 spiro atoms. The molecule has 5 nitrogen and oxygen atoms in total. The minimum absolute atomic E-state index is 0.0589. The van der Waals surface area contributed by atoms with Crippen molar-refractivity contribution in [3.63, 3.8) is 0 Å². The molecule has 7 heteroatoms. The molecule has 2 aromatic heterocycles. The van der Waals surface area contributed by atoms with Crippen molar-refractivity contribution in [3.8, 4) is 10.6 Å². The van der Waals surface area contributed by atoms with Gasteiger partial charge in [0.15, 0.2) is 0 Å². The molecule has 1 fully saturated rings. The fourth-order valence-electron chi connectivity index (χ4n) is 3.04. The Kier molecular flexibility index (Phi) is 6.20. The second kappa shape index (κ2) is 8.58. The van der Waals surface area contributed by atoms with Gasteiger partial charge in [-0.3, -0.25) is 9.59 Å². The molecule has 0 saturated carbocycles. The van der Waals surface area contributed by atoms with Crippen molar-refractivity contribution in [1.29, 1.82) is 0 Å². The van der Waals surface area contributed by atoms with Crippen LogP contribution in [-0.4, -0.2) is 41.3 Å². The van der Waals surface area contributed by atoms with Gasteiger partial charge in [-0.2, -0.15) is 11.3 Å². The zero-order chi connectivity index (χ0) is 17.6. The fraction of sp³-hybridized carbons (Fsp3) is 0.500. The lowest BCUT2D eigenvalue weighted by Gasteiger charge is -2.32. The van der Waals surface area contributed by atoms with E-state index < -0.39 is 0 Å². The Hall–Kier alpha value is -1.73. The van der Waals surface area contributed by atoms with Gasteiger partial charge in [0.25, 0.3) is 5.91 Å². The highest BCUT2D eigenvalue weighted by molar-refractivity contribution is 7.17. The topological polar surface area (TPSA) is 62.3 Å². The molecule has 3 rings (SSSR count). The first-order valence-corrected chi connectivity index (χ1v) is 10.5. The maximum absolute atomic E-state index is 12.8. The number of aromatic nitrogens is 1. The quantitative estimate of drug-likeness (QED) is 0.836. The van der Waals surface area contributed by atoms with E-state index in [1.165, 1.54) is 11.3 Å². The van der Waals surface area contributed by atoms with Crippen LogP contribution in [0, 0.1) is 5.92 Å². The first kappa shape index (κ1) is 18.1. The highest BCUT2D eigenvalue weighted by Gasteiger charge is 2.26. The van der Waals surface area contributed by atoms with E-state index in [2.05, 4.69) is 10.3 Å². The number of thiazole rings is 1. The lowest BCUT2D eigenvalue weighted by Crippen LogP contribution is -2.43. The predicted octanol–water partition coefficient (Wildman–Crippen LogP) is 3.64. The van der Waals surface area contributed by atoms with E-state index in [9.17, 15) is 9.59 Å². The number of rotatable bonds is 6. The number of amides is 2. The normalized spacial score (nSPS) is 17.5. The molecule has 134 valence electrons. The van der Waals surface area contributed by atoms with Gasteiger partial charge in [0.2, 0.25) is 5.91 Å². The van der Waals surface area contributed by atoms with Crippen LogP contribution >= 0.6 is 22.7 Å². The minimum atomic E-state index is 0.0589. The number of carbonyl (C=O) groups excluding carboxylic acids is 2. The van der Waals surface area contributed by atoms with Gasteiger partial charge in [-0.1, -0.05) is 6.92 Å². The van der Waals surface area contributed by atoms with Crippen molar-refractivity contribution in [2.75, 3.05) is 19.6 Å². The molecule has 1 N–H and O–H groups in total. The smallest absolute Gasteiger partial charge is 0.265 e. The SMILES string of the molecule is CCCC(=O)NCC1CCCN(C(=O)c2cnc(-c3ccsc3)s2)C1. The average molecular weight is 378 g/mol. The van der Waals surface area contributed by atoms with E-state index in [1.807, 2.05) is 28.7 Å². The van der Waals surface area contributed by atoms with Crippen molar-refractivity contribution >= 4 is 34.5 Å². The average Bonchev–Trinajstić information content (AvgIpc) is 3.31. The molecule has 0 bridgehead atoms. The number of hydrogen-bond donors (Lipinski definition) is 1. The Morgan fingerprint density at radius 3 is 3.08 bits per heavy atom.